The highest BCUT2D eigenvalue weighted by atomic mass is 19.4. The third-order valence-corrected chi connectivity index (χ3v) is 3.53. The molecule has 2 N–H and O–H groups in total. The van der Waals surface area contributed by atoms with E-state index in [0.29, 0.717) is 28.6 Å². The first-order valence-corrected chi connectivity index (χ1v) is 7.18. The van der Waals surface area contributed by atoms with Crippen LogP contribution >= 0.6 is 0 Å². The zero-order valence-corrected chi connectivity index (χ0v) is 12.4. The zero-order valence-electron chi connectivity index (χ0n) is 12.4. The van der Waals surface area contributed by atoms with E-state index in [1.807, 2.05) is 0 Å². The third kappa shape index (κ3) is 3.53. The van der Waals surface area contributed by atoms with Crippen LogP contribution in [0.2, 0.25) is 0 Å². The van der Waals surface area contributed by atoms with Crippen LogP contribution in [-0.4, -0.2) is 27.9 Å². The fourth-order valence-corrected chi connectivity index (χ4v) is 2.31. The van der Waals surface area contributed by atoms with Gasteiger partial charge in [0.1, 0.15) is 11.0 Å². The quantitative estimate of drug-likeness (QED) is 0.771. The number of amides is 1. The van der Waals surface area contributed by atoms with Crippen LogP contribution in [0, 0.1) is 0 Å². The second kappa shape index (κ2) is 6.31. The molecule has 3 rings (SSSR count). The summed E-state index contributed by atoms with van der Waals surface area (Å²) in [5.41, 5.74) is 1.45. The summed E-state index contributed by atoms with van der Waals surface area (Å²) in [7, 11) is 0. The Bertz CT molecular complexity index is 873. The van der Waals surface area contributed by atoms with Crippen molar-refractivity contribution in [3.05, 3.63) is 59.2 Å². The molecule has 0 spiro atoms. The van der Waals surface area contributed by atoms with Crippen LogP contribution in [0.1, 0.15) is 21.5 Å². The standard InChI is InChI=1S/C16H13F3N4O/c17-16(18,19)12-3-1-2-10(8-12)6-7-20-15(24)11-4-5-13-14(9-11)22-23-21-13/h1-5,8-9H,6-7H2,(H,20,24)(H,21,22,23). The summed E-state index contributed by atoms with van der Waals surface area (Å²) in [4.78, 5) is 12.1. The maximum atomic E-state index is 12.7. The summed E-state index contributed by atoms with van der Waals surface area (Å²) in [5.74, 6) is -0.313. The third-order valence-electron chi connectivity index (χ3n) is 3.53. The lowest BCUT2D eigenvalue weighted by molar-refractivity contribution is -0.137. The van der Waals surface area contributed by atoms with E-state index in [-0.39, 0.29) is 12.5 Å². The summed E-state index contributed by atoms with van der Waals surface area (Å²) in [6.45, 7) is 0.233. The number of benzene rings is 2. The Morgan fingerprint density at radius 2 is 1.88 bits per heavy atom. The molecule has 0 bridgehead atoms. The lowest BCUT2D eigenvalue weighted by atomic mass is 10.1. The predicted molar refractivity (Wildman–Crippen MR) is 81.4 cm³/mol. The summed E-state index contributed by atoms with van der Waals surface area (Å²) in [5, 5.41) is 12.9. The Morgan fingerprint density at radius 3 is 2.67 bits per heavy atom. The Hall–Kier alpha value is -2.90. The summed E-state index contributed by atoms with van der Waals surface area (Å²) in [6.07, 6.45) is -4.06. The van der Waals surface area contributed by atoms with Gasteiger partial charge in [0.25, 0.3) is 5.91 Å². The van der Waals surface area contributed by atoms with Gasteiger partial charge in [0.2, 0.25) is 0 Å². The Kier molecular flexibility index (Phi) is 4.20. The molecule has 8 heteroatoms. The summed E-state index contributed by atoms with van der Waals surface area (Å²) < 4.78 is 38.0. The largest absolute Gasteiger partial charge is 0.416 e. The van der Waals surface area contributed by atoms with Crippen LogP contribution in [-0.2, 0) is 12.6 Å². The second-order valence-corrected chi connectivity index (χ2v) is 5.23. The van der Waals surface area contributed by atoms with Gasteiger partial charge in [0.15, 0.2) is 0 Å². The lowest BCUT2D eigenvalue weighted by Gasteiger charge is -2.09. The minimum Gasteiger partial charge on any atom is -0.352 e. The van der Waals surface area contributed by atoms with Crippen LogP contribution in [0.4, 0.5) is 13.2 Å². The van der Waals surface area contributed by atoms with E-state index in [9.17, 15) is 18.0 Å². The number of hydrogen-bond donors (Lipinski definition) is 2. The van der Waals surface area contributed by atoms with E-state index in [1.165, 1.54) is 6.07 Å². The Labute approximate surface area is 134 Å². The van der Waals surface area contributed by atoms with E-state index < -0.39 is 11.7 Å². The number of nitrogens with zero attached hydrogens (tertiary/aromatic N) is 2. The highest BCUT2D eigenvalue weighted by Gasteiger charge is 2.30. The number of hydrogen-bond acceptors (Lipinski definition) is 3. The fourth-order valence-electron chi connectivity index (χ4n) is 2.31. The van der Waals surface area contributed by atoms with Crippen molar-refractivity contribution in [3.63, 3.8) is 0 Å². The first kappa shape index (κ1) is 16.0. The van der Waals surface area contributed by atoms with Crippen molar-refractivity contribution >= 4 is 16.9 Å². The van der Waals surface area contributed by atoms with Crippen LogP contribution < -0.4 is 5.32 Å². The number of carbonyl (C=O) groups is 1. The number of aromatic amines is 1. The van der Waals surface area contributed by atoms with E-state index in [4.69, 9.17) is 0 Å². The molecule has 0 atom stereocenters. The monoisotopic (exact) mass is 334 g/mol. The molecule has 1 heterocycles. The van der Waals surface area contributed by atoms with Gasteiger partial charge in [-0.15, -0.1) is 0 Å². The van der Waals surface area contributed by atoms with E-state index in [1.54, 1.807) is 24.3 Å². The number of rotatable bonds is 4. The number of alkyl halides is 3. The Morgan fingerprint density at radius 1 is 1.08 bits per heavy atom. The average molecular weight is 334 g/mol. The number of H-pyrrole nitrogens is 1. The molecule has 0 saturated carbocycles. The molecule has 0 fully saturated rings. The highest BCUT2D eigenvalue weighted by molar-refractivity contribution is 5.97. The smallest absolute Gasteiger partial charge is 0.352 e. The van der Waals surface area contributed by atoms with E-state index >= 15 is 0 Å². The van der Waals surface area contributed by atoms with Crippen molar-refractivity contribution in [2.75, 3.05) is 6.54 Å². The number of fused-ring (bicyclic) bond motifs is 1. The molecule has 0 aliphatic heterocycles. The molecule has 3 aromatic rings. The second-order valence-electron chi connectivity index (χ2n) is 5.23. The SMILES string of the molecule is O=C(NCCc1cccc(C(F)(F)F)c1)c1ccc2n[nH]nc2c1. The van der Waals surface area contributed by atoms with Gasteiger partial charge in [0, 0.05) is 12.1 Å². The molecule has 2 aromatic carbocycles. The van der Waals surface area contributed by atoms with Crippen molar-refractivity contribution in [1.82, 2.24) is 20.7 Å². The number of carbonyl (C=O) groups excluding carboxylic acids is 1. The maximum absolute atomic E-state index is 12.7. The molecule has 0 saturated heterocycles. The maximum Gasteiger partial charge on any atom is 0.416 e. The molecular formula is C16H13F3N4O. The predicted octanol–water partition coefficient (Wildman–Crippen LogP) is 2.95. The summed E-state index contributed by atoms with van der Waals surface area (Å²) in [6, 6.07) is 9.95. The minimum atomic E-state index is -4.37. The normalized spacial score (nSPS) is 11.6. The Balaban J connectivity index is 1.60. The van der Waals surface area contributed by atoms with Crippen molar-refractivity contribution in [2.45, 2.75) is 12.6 Å². The van der Waals surface area contributed by atoms with E-state index in [2.05, 4.69) is 20.7 Å². The molecule has 24 heavy (non-hydrogen) atoms. The zero-order chi connectivity index (χ0) is 17.2. The van der Waals surface area contributed by atoms with Gasteiger partial charge >= 0.3 is 6.18 Å². The lowest BCUT2D eigenvalue weighted by Crippen LogP contribution is -2.25. The molecule has 1 aromatic heterocycles. The highest BCUT2D eigenvalue weighted by Crippen LogP contribution is 2.29. The van der Waals surface area contributed by atoms with Crippen LogP contribution in [0.3, 0.4) is 0 Å². The molecule has 0 unspecified atom stereocenters. The molecule has 5 nitrogen and oxygen atoms in total. The molecule has 0 aliphatic rings. The van der Waals surface area contributed by atoms with Gasteiger partial charge in [-0.3, -0.25) is 4.79 Å². The number of nitrogens with one attached hydrogen (secondary N) is 2. The molecule has 124 valence electrons. The van der Waals surface area contributed by atoms with Gasteiger partial charge in [-0.25, -0.2) is 0 Å². The van der Waals surface area contributed by atoms with Crippen molar-refractivity contribution in [2.24, 2.45) is 0 Å². The van der Waals surface area contributed by atoms with Gasteiger partial charge in [-0.05, 0) is 36.2 Å². The van der Waals surface area contributed by atoms with Gasteiger partial charge in [0.05, 0.1) is 5.56 Å². The fraction of sp³-hybridized carbons (Fsp3) is 0.188. The summed E-state index contributed by atoms with van der Waals surface area (Å²) >= 11 is 0. The van der Waals surface area contributed by atoms with Crippen LogP contribution in [0.25, 0.3) is 11.0 Å². The first-order valence-electron chi connectivity index (χ1n) is 7.18. The minimum absolute atomic E-state index is 0.233. The number of halogens is 3. The van der Waals surface area contributed by atoms with E-state index in [0.717, 1.165) is 12.1 Å². The average Bonchev–Trinajstić information content (AvgIpc) is 3.02. The first-order chi connectivity index (χ1) is 11.4. The van der Waals surface area contributed by atoms with Gasteiger partial charge in [-0.2, -0.15) is 28.6 Å². The molecule has 0 radical (unpaired) electrons. The van der Waals surface area contributed by atoms with Crippen LogP contribution in [0.15, 0.2) is 42.5 Å². The van der Waals surface area contributed by atoms with Crippen molar-refractivity contribution in [1.29, 1.82) is 0 Å². The molecule has 1 amide bonds. The molecule has 0 aliphatic carbocycles. The van der Waals surface area contributed by atoms with Gasteiger partial charge in [-0.1, -0.05) is 18.2 Å². The molecular weight excluding hydrogens is 321 g/mol. The van der Waals surface area contributed by atoms with Crippen molar-refractivity contribution < 1.29 is 18.0 Å². The van der Waals surface area contributed by atoms with Crippen molar-refractivity contribution in [3.8, 4) is 0 Å². The van der Waals surface area contributed by atoms with Crippen LogP contribution in [0.5, 0.6) is 0 Å². The topological polar surface area (TPSA) is 70.7 Å². The van der Waals surface area contributed by atoms with Gasteiger partial charge < -0.3 is 5.32 Å². The number of aromatic nitrogens is 3.